The SMILES string of the molecule is Cc1nc2ccccc2c(=O)n1-c1ccc(NC(=O)c2ncoc2-c2ccccc2)cc1. The van der Waals surface area contributed by atoms with E-state index < -0.39 is 0 Å². The number of benzene rings is 3. The first kappa shape index (κ1) is 19.4. The van der Waals surface area contributed by atoms with Crippen molar-refractivity contribution >= 4 is 22.5 Å². The van der Waals surface area contributed by atoms with Gasteiger partial charge in [0.15, 0.2) is 17.8 Å². The number of hydrogen-bond donors (Lipinski definition) is 1. The number of para-hydroxylation sites is 1. The summed E-state index contributed by atoms with van der Waals surface area (Å²) in [5.41, 5.74) is 2.72. The fourth-order valence-corrected chi connectivity index (χ4v) is 3.63. The van der Waals surface area contributed by atoms with Crippen molar-refractivity contribution < 1.29 is 9.21 Å². The van der Waals surface area contributed by atoms with Gasteiger partial charge < -0.3 is 9.73 Å². The van der Waals surface area contributed by atoms with Crippen LogP contribution < -0.4 is 10.9 Å². The molecule has 0 aliphatic carbocycles. The summed E-state index contributed by atoms with van der Waals surface area (Å²) >= 11 is 0. The first-order valence-corrected chi connectivity index (χ1v) is 10.0. The van der Waals surface area contributed by atoms with Gasteiger partial charge in [0.2, 0.25) is 0 Å². The second kappa shape index (κ2) is 7.96. The maximum atomic E-state index is 13.0. The minimum Gasteiger partial charge on any atom is -0.443 e. The number of nitrogens with one attached hydrogen (secondary N) is 1. The largest absolute Gasteiger partial charge is 0.443 e. The number of amides is 1. The highest BCUT2D eigenvalue weighted by atomic mass is 16.3. The molecule has 0 aliphatic heterocycles. The number of carbonyl (C=O) groups excluding carboxylic acids is 1. The van der Waals surface area contributed by atoms with Gasteiger partial charge >= 0.3 is 0 Å². The summed E-state index contributed by atoms with van der Waals surface area (Å²) in [6, 6.07) is 23.6. The Morgan fingerprint density at radius 1 is 0.938 bits per heavy atom. The van der Waals surface area contributed by atoms with Crippen molar-refractivity contribution in [3.8, 4) is 17.0 Å². The van der Waals surface area contributed by atoms with Crippen LogP contribution in [-0.2, 0) is 0 Å². The molecule has 7 heteroatoms. The fraction of sp³-hybridized carbons (Fsp3) is 0.0400. The van der Waals surface area contributed by atoms with Gasteiger partial charge in [-0.1, -0.05) is 42.5 Å². The van der Waals surface area contributed by atoms with Crippen LogP contribution >= 0.6 is 0 Å². The van der Waals surface area contributed by atoms with Crippen LogP contribution in [0.15, 0.2) is 94.5 Å². The fourth-order valence-electron chi connectivity index (χ4n) is 3.63. The van der Waals surface area contributed by atoms with E-state index in [9.17, 15) is 9.59 Å². The topological polar surface area (TPSA) is 90.0 Å². The van der Waals surface area contributed by atoms with E-state index in [2.05, 4.69) is 15.3 Å². The third-order valence-electron chi connectivity index (χ3n) is 5.15. The number of rotatable bonds is 4. The molecule has 0 aliphatic rings. The molecule has 3 aromatic carbocycles. The first-order chi connectivity index (χ1) is 15.6. The molecule has 0 saturated heterocycles. The van der Waals surface area contributed by atoms with E-state index in [0.29, 0.717) is 33.9 Å². The van der Waals surface area contributed by atoms with Crippen molar-refractivity contribution in [1.29, 1.82) is 0 Å². The number of carbonyl (C=O) groups is 1. The van der Waals surface area contributed by atoms with Crippen molar-refractivity contribution in [2.45, 2.75) is 6.92 Å². The molecular formula is C25H18N4O3. The van der Waals surface area contributed by atoms with Gasteiger partial charge in [-0.15, -0.1) is 0 Å². The molecule has 0 saturated carbocycles. The number of fused-ring (bicyclic) bond motifs is 1. The van der Waals surface area contributed by atoms with Crippen molar-refractivity contribution in [1.82, 2.24) is 14.5 Å². The lowest BCUT2D eigenvalue weighted by molar-refractivity contribution is 0.102. The summed E-state index contributed by atoms with van der Waals surface area (Å²) in [6.45, 7) is 1.79. The molecule has 0 radical (unpaired) electrons. The van der Waals surface area contributed by atoms with E-state index in [0.717, 1.165) is 5.56 Å². The van der Waals surface area contributed by atoms with E-state index in [1.54, 1.807) is 41.8 Å². The Labute approximate surface area is 183 Å². The quantitative estimate of drug-likeness (QED) is 0.457. The standard InChI is InChI=1S/C25H18N4O3/c1-16-27-21-10-6-5-9-20(21)25(31)29(16)19-13-11-18(12-14-19)28-24(30)22-23(32-15-26-22)17-7-3-2-4-8-17/h2-15H,1H3,(H,28,30). The van der Waals surface area contributed by atoms with Gasteiger partial charge in [-0.05, 0) is 43.3 Å². The highest BCUT2D eigenvalue weighted by molar-refractivity contribution is 6.06. The Morgan fingerprint density at radius 2 is 1.66 bits per heavy atom. The zero-order valence-electron chi connectivity index (χ0n) is 17.1. The highest BCUT2D eigenvalue weighted by Gasteiger charge is 2.18. The number of nitrogens with zero attached hydrogens (tertiary/aromatic N) is 3. The zero-order chi connectivity index (χ0) is 22.1. The van der Waals surface area contributed by atoms with E-state index in [1.807, 2.05) is 48.5 Å². The molecule has 156 valence electrons. The molecule has 0 unspecified atom stereocenters. The summed E-state index contributed by atoms with van der Waals surface area (Å²) in [5.74, 6) is 0.607. The van der Waals surface area contributed by atoms with Crippen molar-refractivity contribution in [2.24, 2.45) is 0 Å². The molecular weight excluding hydrogens is 404 g/mol. The number of aryl methyl sites for hydroxylation is 1. The second-order valence-corrected chi connectivity index (χ2v) is 7.21. The first-order valence-electron chi connectivity index (χ1n) is 10.0. The average Bonchev–Trinajstić information content (AvgIpc) is 3.31. The van der Waals surface area contributed by atoms with E-state index >= 15 is 0 Å². The van der Waals surface area contributed by atoms with Gasteiger partial charge in [0, 0.05) is 11.3 Å². The number of hydrogen-bond acceptors (Lipinski definition) is 5. The van der Waals surface area contributed by atoms with Crippen LogP contribution in [-0.4, -0.2) is 20.4 Å². The molecule has 2 heterocycles. The van der Waals surface area contributed by atoms with Crippen LogP contribution in [0.2, 0.25) is 0 Å². The zero-order valence-corrected chi connectivity index (χ0v) is 17.1. The number of aromatic nitrogens is 3. The van der Waals surface area contributed by atoms with E-state index in [4.69, 9.17) is 4.42 Å². The summed E-state index contributed by atoms with van der Waals surface area (Å²) < 4.78 is 6.99. The van der Waals surface area contributed by atoms with Crippen molar-refractivity contribution in [3.63, 3.8) is 0 Å². The molecule has 32 heavy (non-hydrogen) atoms. The maximum absolute atomic E-state index is 13.0. The third-order valence-corrected chi connectivity index (χ3v) is 5.15. The summed E-state index contributed by atoms with van der Waals surface area (Å²) in [5, 5.41) is 3.38. The maximum Gasteiger partial charge on any atom is 0.278 e. The molecule has 0 spiro atoms. The Bertz CT molecular complexity index is 1490. The minimum atomic E-state index is -0.383. The van der Waals surface area contributed by atoms with Gasteiger partial charge in [0.1, 0.15) is 5.82 Å². The Kier molecular flexibility index (Phi) is 4.84. The summed E-state index contributed by atoms with van der Waals surface area (Å²) in [7, 11) is 0. The van der Waals surface area contributed by atoms with Gasteiger partial charge in [-0.2, -0.15) is 0 Å². The van der Waals surface area contributed by atoms with E-state index in [-0.39, 0.29) is 17.2 Å². The second-order valence-electron chi connectivity index (χ2n) is 7.21. The Hall–Kier alpha value is -4.52. The van der Waals surface area contributed by atoms with Crippen LogP contribution in [0.5, 0.6) is 0 Å². The lowest BCUT2D eigenvalue weighted by atomic mass is 10.1. The van der Waals surface area contributed by atoms with Gasteiger partial charge in [0.25, 0.3) is 11.5 Å². The van der Waals surface area contributed by atoms with Gasteiger partial charge in [0.05, 0.1) is 16.6 Å². The lowest BCUT2D eigenvalue weighted by Gasteiger charge is -2.12. The molecule has 5 rings (SSSR count). The molecule has 2 aromatic heterocycles. The van der Waals surface area contributed by atoms with Gasteiger partial charge in [-0.3, -0.25) is 14.2 Å². The Morgan fingerprint density at radius 3 is 2.44 bits per heavy atom. The number of anilines is 1. The lowest BCUT2D eigenvalue weighted by Crippen LogP contribution is -2.22. The molecule has 0 atom stereocenters. The molecule has 0 bridgehead atoms. The van der Waals surface area contributed by atoms with E-state index in [1.165, 1.54) is 6.39 Å². The molecule has 7 nitrogen and oxygen atoms in total. The molecule has 1 amide bonds. The van der Waals surface area contributed by atoms with Crippen molar-refractivity contribution in [2.75, 3.05) is 5.32 Å². The molecule has 0 fully saturated rings. The average molecular weight is 422 g/mol. The van der Waals surface area contributed by atoms with Crippen LogP contribution in [0.4, 0.5) is 5.69 Å². The number of oxazole rings is 1. The monoisotopic (exact) mass is 422 g/mol. The predicted octanol–water partition coefficient (Wildman–Crippen LogP) is 4.60. The van der Waals surface area contributed by atoms with Crippen LogP contribution in [0.3, 0.4) is 0 Å². The highest BCUT2D eigenvalue weighted by Crippen LogP contribution is 2.24. The van der Waals surface area contributed by atoms with Crippen molar-refractivity contribution in [3.05, 3.63) is 107 Å². The van der Waals surface area contributed by atoms with Gasteiger partial charge in [-0.25, -0.2) is 9.97 Å². The predicted molar refractivity (Wildman–Crippen MR) is 122 cm³/mol. The Balaban J connectivity index is 1.42. The smallest absolute Gasteiger partial charge is 0.278 e. The summed E-state index contributed by atoms with van der Waals surface area (Å²) in [4.78, 5) is 34.4. The minimum absolute atomic E-state index is 0.139. The summed E-state index contributed by atoms with van der Waals surface area (Å²) in [6.07, 6.45) is 1.25. The third kappa shape index (κ3) is 3.45. The molecule has 5 aromatic rings. The van der Waals surface area contributed by atoms with Crippen LogP contribution in [0, 0.1) is 6.92 Å². The normalized spacial score (nSPS) is 10.9. The van der Waals surface area contributed by atoms with Crippen LogP contribution in [0.1, 0.15) is 16.3 Å². The van der Waals surface area contributed by atoms with Crippen LogP contribution in [0.25, 0.3) is 27.9 Å². The molecule has 1 N–H and O–H groups in total.